The SMILES string of the molecule is CC(C)(CN)Oc1ccc(OBOc2ccc(OC(C)(C)CN)cc2)cc1. The largest absolute Gasteiger partial charge is 0.576 e. The molecule has 0 aliphatic rings. The van der Waals surface area contributed by atoms with Crippen LogP contribution in [0.5, 0.6) is 23.0 Å². The zero-order valence-electron chi connectivity index (χ0n) is 16.5. The van der Waals surface area contributed by atoms with Crippen LogP contribution in [0.15, 0.2) is 48.5 Å². The average molecular weight is 372 g/mol. The first-order chi connectivity index (χ1) is 12.7. The maximum absolute atomic E-state index is 5.80. The molecule has 0 aliphatic heterocycles. The summed E-state index contributed by atoms with van der Waals surface area (Å²) < 4.78 is 22.8. The fraction of sp³-hybridized carbons (Fsp3) is 0.400. The molecule has 0 saturated carbocycles. The second kappa shape index (κ2) is 9.02. The van der Waals surface area contributed by atoms with Gasteiger partial charge in [0.15, 0.2) is 0 Å². The van der Waals surface area contributed by atoms with Crippen molar-refractivity contribution in [3.8, 4) is 23.0 Å². The average Bonchev–Trinajstić information content (AvgIpc) is 2.64. The fourth-order valence-corrected chi connectivity index (χ4v) is 2.09. The van der Waals surface area contributed by atoms with Gasteiger partial charge in [-0.25, -0.2) is 0 Å². The molecular formula is C20H29BN2O4. The highest BCUT2D eigenvalue weighted by Gasteiger charge is 2.18. The molecule has 0 saturated heterocycles. The van der Waals surface area contributed by atoms with Gasteiger partial charge >= 0.3 is 7.69 Å². The quantitative estimate of drug-likeness (QED) is 0.624. The molecule has 0 heterocycles. The van der Waals surface area contributed by atoms with E-state index in [2.05, 4.69) is 0 Å². The molecule has 0 aromatic heterocycles. The van der Waals surface area contributed by atoms with Gasteiger partial charge in [-0.05, 0) is 76.2 Å². The van der Waals surface area contributed by atoms with Gasteiger partial charge in [-0.2, -0.15) is 0 Å². The van der Waals surface area contributed by atoms with E-state index in [1.54, 1.807) is 0 Å². The van der Waals surface area contributed by atoms with Crippen molar-refractivity contribution in [2.45, 2.75) is 38.9 Å². The molecule has 146 valence electrons. The van der Waals surface area contributed by atoms with Crippen LogP contribution >= 0.6 is 0 Å². The Morgan fingerprint density at radius 1 is 0.630 bits per heavy atom. The standard InChI is InChI=1S/C20H29BN2O4/c1-19(2,13-22)24-15-5-9-17(10-6-15)26-21-27-18-11-7-16(8-12-18)25-20(3,4)14-23/h5-12,21H,13-14,22-23H2,1-4H3. The van der Waals surface area contributed by atoms with Crippen LogP contribution in [0.3, 0.4) is 0 Å². The Kier molecular flexibility index (Phi) is 6.99. The lowest BCUT2D eigenvalue weighted by Crippen LogP contribution is -2.37. The van der Waals surface area contributed by atoms with Crippen molar-refractivity contribution < 1.29 is 18.8 Å². The predicted molar refractivity (Wildman–Crippen MR) is 109 cm³/mol. The number of ether oxygens (including phenoxy) is 2. The summed E-state index contributed by atoms with van der Waals surface area (Å²) in [6.07, 6.45) is 0. The summed E-state index contributed by atoms with van der Waals surface area (Å²) in [6, 6.07) is 14.7. The maximum atomic E-state index is 5.80. The van der Waals surface area contributed by atoms with E-state index in [-0.39, 0.29) is 7.69 Å². The van der Waals surface area contributed by atoms with E-state index in [9.17, 15) is 0 Å². The first-order valence-corrected chi connectivity index (χ1v) is 8.97. The number of hydrogen-bond acceptors (Lipinski definition) is 6. The van der Waals surface area contributed by atoms with Crippen LogP contribution in [-0.4, -0.2) is 32.0 Å². The van der Waals surface area contributed by atoms with E-state index in [4.69, 9.17) is 30.2 Å². The normalized spacial score (nSPS) is 11.6. The van der Waals surface area contributed by atoms with Crippen LogP contribution in [0, 0.1) is 0 Å². The van der Waals surface area contributed by atoms with Gasteiger partial charge in [0, 0.05) is 13.1 Å². The molecule has 7 heteroatoms. The van der Waals surface area contributed by atoms with Crippen molar-refractivity contribution in [1.82, 2.24) is 0 Å². The van der Waals surface area contributed by atoms with Gasteiger partial charge < -0.3 is 30.2 Å². The summed E-state index contributed by atoms with van der Waals surface area (Å²) in [5.74, 6) is 2.87. The zero-order chi connectivity index (χ0) is 19.9. The smallest absolute Gasteiger partial charge is 0.529 e. The Hall–Kier alpha value is -2.38. The summed E-state index contributed by atoms with van der Waals surface area (Å²) in [5, 5.41) is 0. The van der Waals surface area contributed by atoms with E-state index in [1.807, 2.05) is 76.2 Å². The number of benzene rings is 2. The van der Waals surface area contributed by atoms with Crippen LogP contribution in [0.1, 0.15) is 27.7 Å². The first-order valence-electron chi connectivity index (χ1n) is 8.97. The Bertz CT molecular complexity index is 641. The van der Waals surface area contributed by atoms with Gasteiger partial charge in [0.2, 0.25) is 0 Å². The first kappa shape index (κ1) is 20.9. The summed E-state index contributed by atoms with van der Waals surface area (Å²) in [6.45, 7) is 8.65. The van der Waals surface area contributed by atoms with E-state index < -0.39 is 11.2 Å². The zero-order valence-corrected chi connectivity index (χ0v) is 16.5. The lowest BCUT2D eigenvalue weighted by Gasteiger charge is -2.24. The van der Waals surface area contributed by atoms with Crippen molar-refractivity contribution >= 4 is 7.69 Å². The summed E-state index contributed by atoms with van der Waals surface area (Å²) in [7, 11) is 0.100. The molecule has 27 heavy (non-hydrogen) atoms. The summed E-state index contributed by atoms with van der Waals surface area (Å²) >= 11 is 0. The highest BCUT2D eigenvalue weighted by atomic mass is 16.6. The van der Waals surface area contributed by atoms with Gasteiger partial charge in [0.25, 0.3) is 0 Å². The molecule has 0 atom stereocenters. The van der Waals surface area contributed by atoms with Crippen LogP contribution < -0.4 is 30.2 Å². The third-order valence-electron chi connectivity index (χ3n) is 3.87. The lowest BCUT2D eigenvalue weighted by atomic mass is 10.1. The van der Waals surface area contributed by atoms with Crippen molar-refractivity contribution in [1.29, 1.82) is 0 Å². The molecule has 4 N–H and O–H groups in total. The van der Waals surface area contributed by atoms with E-state index >= 15 is 0 Å². The van der Waals surface area contributed by atoms with Gasteiger partial charge in [-0.1, -0.05) is 0 Å². The number of hydrogen-bond donors (Lipinski definition) is 2. The van der Waals surface area contributed by atoms with E-state index in [0.717, 1.165) is 11.5 Å². The Morgan fingerprint density at radius 2 is 0.926 bits per heavy atom. The van der Waals surface area contributed by atoms with Crippen molar-refractivity contribution in [3.05, 3.63) is 48.5 Å². The van der Waals surface area contributed by atoms with Crippen LogP contribution in [0.2, 0.25) is 0 Å². The third kappa shape index (κ3) is 7.04. The highest BCUT2D eigenvalue weighted by Crippen LogP contribution is 2.23. The second-order valence-electron chi connectivity index (χ2n) is 7.48. The predicted octanol–water partition coefficient (Wildman–Crippen LogP) is 2.64. The minimum atomic E-state index is -0.402. The van der Waals surface area contributed by atoms with Gasteiger partial charge in [-0.3, -0.25) is 0 Å². The second-order valence-corrected chi connectivity index (χ2v) is 7.48. The van der Waals surface area contributed by atoms with Gasteiger partial charge in [-0.15, -0.1) is 0 Å². The number of nitrogens with two attached hydrogens (primary N) is 2. The van der Waals surface area contributed by atoms with Crippen LogP contribution in [0.4, 0.5) is 0 Å². The molecule has 6 nitrogen and oxygen atoms in total. The molecule has 2 aromatic rings. The molecule has 0 amide bonds. The van der Waals surface area contributed by atoms with Crippen LogP contribution in [0.25, 0.3) is 0 Å². The Morgan fingerprint density at radius 3 is 1.22 bits per heavy atom. The highest BCUT2D eigenvalue weighted by molar-refractivity contribution is 6.20. The van der Waals surface area contributed by atoms with Crippen molar-refractivity contribution in [2.75, 3.05) is 13.1 Å². The minimum absolute atomic E-state index is 0.100. The molecule has 0 radical (unpaired) electrons. The number of rotatable bonds is 10. The third-order valence-corrected chi connectivity index (χ3v) is 3.87. The Balaban J connectivity index is 1.80. The van der Waals surface area contributed by atoms with Crippen LogP contribution in [-0.2, 0) is 0 Å². The van der Waals surface area contributed by atoms with Crippen molar-refractivity contribution in [2.24, 2.45) is 11.5 Å². The molecule has 0 unspecified atom stereocenters. The molecule has 0 aliphatic carbocycles. The molecule has 0 spiro atoms. The molecule has 0 fully saturated rings. The van der Waals surface area contributed by atoms with Gasteiger partial charge in [0.05, 0.1) is 0 Å². The maximum Gasteiger partial charge on any atom is 0.576 e. The molecular weight excluding hydrogens is 343 g/mol. The fourth-order valence-electron chi connectivity index (χ4n) is 2.09. The topological polar surface area (TPSA) is 89.0 Å². The minimum Gasteiger partial charge on any atom is -0.529 e. The summed E-state index contributed by atoms with van der Waals surface area (Å²) in [5.41, 5.74) is 10.5. The summed E-state index contributed by atoms with van der Waals surface area (Å²) in [4.78, 5) is 0. The van der Waals surface area contributed by atoms with E-state index in [1.165, 1.54) is 0 Å². The molecule has 2 rings (SSSR count). The van der Waals surface area contributed by atoms with E-state index in [0.29, 0.717) is 24.6 Å². The lowest BCUT2D eigenvalue weighted by molar-refractivity contribution is 0.118. The molecule has 0 bridgehead atoms. The van der Waals surface area contributed by atoms with Crippen molar-refractivity contribution in [3.63, 3.8) is 0 Å². The Labute approximate surface area is 162 Å². The van der Waals surface area contributed by atoms with Gasteiger partial charge in [0.1, 0.15) is 34.2 Å². The molecule has 2 aromatic carbocycles. The monoisotopic (exact) mass is 372 g/mol.